The van der Waals surface area contributed by atoms with Gasteiger partial charge in [-0.05, 0) is 6.08 Å². The Kier molecular flexibility index (Phi) is 0.777. The van der Waals surface area contributed by atoms with Gasteiger partial charge in [0.25, 0.3) is 0 Å². The fourth-order valence-corrected chi connectivity index (χ4v) is 1.62. The van der Waals surface area contributed by atoms with E-state index in [0.29, 0.717) is 5.57 Å². The largest absolute Gasteiger partial charge is 0.478 e. The minimum atomic E-state index is -0.883. The Balaban J connectivity index is 1.97. The van der Waals surface area contributed by atoms with E-state index in [2.05, 4.69) is 0 Å². The Bertz CT molecular complexity index is 270. The zero-order chi connectivity index (χ0) is 7.59. The molecule has 2 saturated heterocycles. The molecule has 0 aromatic carbocycles. The zero-order valence-electron chi connectivity index (χ0n) is 5.56. The van der Waals surface area contributed by atoms with Gasteiger partial charge in [-0.15, -0.1) is 0 Å². The molecule has 1 N–H and O–H groups in total. The lowest BCUT2D eigenvalue weighted by atomic mass is 10.0. The smallest absolute Gasteiger partial charge is 0.334 e. The van der Waals surface area contributed by atoms with Gasteiger partial charge in [-0.2, -0.15) is 0 Å². The van der Waals surface area contributed by atoms with Crippen molar-refractivity contribution in [3.63, 3.8) is 0 Å². The summed E-state index contributed by atoms with van der Waals surface area (Å²) in [6.45, 7) is 0. The maximum Gasteiger partial charge on any atom is 0.334 e. The number of rotatable bonds is 1. The summed E-state index contributed by atoms with van der Waals surface area (Å²) in [7, 11) is 0. The molecular formula is C7H6O4. The van der Waals surface area contributed by atoms with E-state index in [9.17, 15) is 4.79 Å². The normalized spacial score (nSPS) is 50.4. The maximum atomic E-state index is 10.6. The lowest BCUT2D eigenvalue weighted by molar-refractivity contribution is -0.132. The Hall–Kier alpha value is -0.870. The molecule has 3 aliphatic rings. The fraction of sp³-hybridized carbons (Fsp3) is 0.571. The van der Waals surface area contributed by atoms with Crippen molar-refractivity contribution in [1.29, 1.82) is 0 Å². The molecule has 2 heterocycles. The lowest BCUT2D eigenvalue weighted by Crippen LogP contribution is -2.17. The number of epoxide rings is 2. The molecule has 2 fully saturated rings. The van der Waals surface area contributed by atoms with Crippen molar-refractivity contribution >= 4 is 5.97 Å². The number of carbonyl (C=O) groups is 1. The molecule has 4 nitrogen and oxygen atoms in total. The highest BCUT2D eigenvalue weighted by Gasteiger charge is 2.62. The zero-order valence-corrected chi connectivity index (χ0v) is 5.56. The first-order valence-corrected chi connectivity index (χ1v) is 3.53. The molecule has 0 amide bonds. The average Bonchev–Trinajstić information content (AvgIpc) is 2.79. The predicted molar refractivity (Wildman–Crippen MR) is 33.0 cm³/mol. The molecule has 0 spiro atoms. The van der Waals surface area contributed by atoms with E-state index in [0.717, 1.165) is 0 Å². The predicted octanol–water partition coefficient (Wildman–Crippen LogP) is -0.454. The molecule has 1 aliphatic carbocycles. The third-order valence-corrected chi connectivity index (χ3v) is 2.31. The Morgan fingerprint density at radius 1 is 1.45 bits per heavy atom. The molecule has 0 radical (unpaired) electrons. The molecule has 58 valence electrons. The first kappa shape index (κ1) is 5.74. The SMILES string of the molecule is O=C(O)C1=C[C@H]2O[C@H]2[C@H]2O[C@@H]12. The van der Waals surface area contributed by atoms with E-state index in [1.807, 2.05) is 0 Å². The van der Waals surface area contributed by atoms with Gasteiger partial charge in [0, 0.05) is 0 Å². The van der Waals surface area contributed by atoms with Crippen molar-refractivity contribution < 1.29 is 19.4 Å². The molecule has 4 atom stereocenters. The first-order valence-electron chi connectivity index (χ1n) is 3.53. The van der Waals surface area contributed by atoms with Crippen molar-refractivity contribution in [1.82, 2.24) is 0 Å². The van der Waals surface area contributed by atoms with Gasteiger partial charge in [-0.1, -0.05) is 0 Å². The topological polar surface area (TPSA) is 62.4 Å². The molecule has 0 saturated carbocycles. The van der Waals surface area contributed by atoms with Gasteiger partial charge in [-0.25, -0.2) is 4.79 Å². The van der Waals surface area contributed by atoms with Crippen molar-refractivity contribution in [3.8, 4) is 0 Å². The van der Waals surface area contributed by atoms with Gasteiger partial charge in [0.1, 0.15) is 24.4 Å². The highest BCUT2D eigenvalue weighted by Crippen LogP contribution is 2.47. The molecule has 0 bridgehead atoms. The van der Waals surface area contributed by atoms with Gasteiger partial charge in [-0.3, -0.25) is 0 Å². The van der Waals surface area contributed by atoms with Crippen LogP contribution >= 0.6 is 0 Å². The van der Waals surface area contributed by atoms with Crippen LogP contribution in [0.15, 0.2) is 11.6 Å². The van der Waals surface area contributed by atoms with Crippen molar-refractivity contribution in [3.05, 3.63) is 11.6 Å². The van der Waals surface area contributed by atoms with Gasteiger partial charge >= 0.3 is 5.97 Å². The minimum Gasteiger partial charge on any atom is -0.478 e. The van der Waals surface area contributed by atoms with E-state index in [1.165, 1.54) is 0 Å². The summed E-state index contributed by atoms with van der Waals surface area (Å²) in [6.07, 6.45) is 1.68. The second kappa shape index (κ2) is 1.49. The monoisotopic (exact) mass is 154 g/mol. The molecule has 4 heteroatoms. The standard InChI is InChI=1S/C7H6O4/c8-7(9)2-1-3-5(10-3)6-4(2)11-6/h1,3-6H,(H,8,9)/t3-,4+,5-,6+/m1/s1. The van der Waals surface area contributed by atoms with Gasteiger partial charge in [0.2, 0.25) is 0 Å². The van der Waals surface area contributed by atoms with E-state index in [1.54, 1.807) is 6.08 Å². The van der Waals surface area contributed by atoms with Crippen LogP contribution in [0.25, 0.3) is 0 Å². The lowest BCUT2D eigenvalue weighted by Gasteiger charge is -1.98. The summed E-state index contributed by atoms with van der Waals surface area (Å²) >= 11 is 0. The fourth-order valence-electron chi connectivity index (χ4n) is 1.62. The summed E-state index contributed by atoms with van der Waals surface area (Å²) in [6, 6.07) is 0. The molecule has 0 unspecified atom stereocenters. The Morgan fingerprint density at radius 2 is 2.27 bits per heavy atom. The van der Waals surface area contributed by atoms with Crippen LogP contribution in [0.3, 0.4) is 0 Å². The van der Waals surface area contributed by atoms with Crippen LogP contribution in [0.2, 0.25) is 0 Å². The number of aliphatic carboxylic acids is 1. The van der Waals surface area contributed by atoms with Gasteiger partial charge in [0.05, 0.1) is 5.57 Å². The average molecular weight is 154 g/mol. The number of fused-ring (bicyclic) bond motifs is 3. The molecule has 0 aromatic heterocycles. The van der Waals surface area contributed by atoms with Crippen LogP contribution in [0.4, 0.5) is 0 Å². The summed E-state index contributed by atoms with van der Waals surface area (Å²) in [5.74, 6) is -0.883. The van der Waals surface area contributed by atoms with Crippen LogP contribution < -0.4 is 0 Å². The van der Waals surface area contributed by atoms with Crippen LogP contribution in [0.1, 0.15) is 0 Å². The first-order chi connectivity index (χ1) is 5.27. The van der Waals surface area contributed by atoms with Crippen molar-refractivity contribution in [2.75, 3.05) is 0 Å². The maximum absolute atomic E-state index is 10.6. The van der Waals surface area contributed by atoms with Crippen molar-refractivity contribution in [2.45, 2.75) is 24.4 Å². The number of carboxylic acid groups (broad SMARTS) is 1. The van der Waals surface area contributed by atoms with Gasteiger partial charge in [0.15, 0.2) is 0 Å². The molecule has 3 rings (SSSR count). The number of hydrogen-bond acceptors (Lipinski definition) is 3. The van der Waals surface area contributed by atoms with Gasteiger partial charge < -0.3 is 14.6 Å². The van der Waals surface area contributed by atoms with E-state index in [4.69, 9.17) is 14.6 Å². The van der Waals surface area contributed by atoms with Crippen LogP contribution in [-0.2, 0) is 14.3 Å². The quantitative estimate of drug-likeness (QED) is 0.519. The van der Waals surface area contributed by atoms with Crippen LogP contribution in [0, 0.1) is 0 Å². The highest BCUT2D eigenvalue weighted by atomic mass is 16.7. The summed E-state index contributed by atoms with van der Waals surface area (Å²) in [4.78, 5) is 10.6. The number of carboxylic acids is 1. The Labute approximate surface area is 62.4 Å². The molecule has 2 aliphatic heterocycles. The summed E-state index contributed by atoms with van der Waals surface area (Å²) in [5, 5.41) is 8.67. The highest BCUT2D eigenvalue weighted by molar-refractivity contribution is 5.89. The minimum absolute atomic E-state index is 0.0184. The Morgan fingerprint density at radius 3 is 3.00 bits per heavy atom. The molecular weight excluding hydrogens is 148 g/mol. The summed E-state index contributed by atoms with van der Waals surface area (Å²) in [5.41, 5.74) is 0.369. The second-order valence-electron chi connectivity index (χ2n) is 3.01. The number of ether oxygens (including phenoxy) is 2. The molecule has 0 aromatic rings. The third-order valence-electron chi connectivity index (χ3n) is 2.31. The van der Waals surface area contributed by atoms with Crippen LogP contribution in [0.5, 0.6) is 0 Å². The van der Waals surface area contributed by atoms with E-state index in [-0.39, 0.29) is 24.4 Å². The van der Waals surface area contributed by atoms with Crippen molar-refractivity contribution in [2.24, 2.45) is 0 Å². The van der Waals surface area contributed by atoms with E-state index >= 15 is 0 Å². The van der Waals surface area contributed by atoms with E-state index < -0.39 is 5.97 Å². The second-order valence-corrected chi connectivity index (χ2v) is 3.01. The van der Waals surface area contributed by atoms with Crippen LogP contribution in [-0.4, -0.2) is 35.5 Å². The number of hydrogen-bond donors (Lipinski definition) is 1. The summed E-state index contributed by atoms with van der Waals surface area (Å²) < 4.78 is 10.3. The third kappa shape index (κ3) is 0.631. The molecule has 11 heavy (non-hydrogen) atoms.